The molecule has 0 saturated carbocycles. The number of nitrogens with zero attached hydrogens (tertiary/aromatic N) is 5. The van der Waals surface area contributed by atoms with Crippen LogP contribution in [0.25, 0.3) is 56.2 Å². The minimum Gasteiger partial charge on any atom is -0.324 e. The third-order valence-corrected chi connectivity index (χ3v) is 12.8. The molecule has 6 aromatic rings. The van der Waals surface area contributed by atoms with Crippen molar-refractivity contribution in [3.63, 3.8) is 0 Å². The third-order valence-electron chi connectivity index (χ3n) is 11.0. The van der Waals surface area contributed by atoms with Gasteiger partial charge in [0.15, 0.2) is 30.6 Å². The summed E-state index contributed by atoms with van der Waals surface area (Å²) < 4.78 is 26.4. The molecule has 4 N–H and O–H groups in total. The van der Waals surface area contributed by atoms with Gasteiger partial charge in [-0.2, -0.15) is 5.26 Å². The van der Waals surface area contributed by atoms with E-state index in [-0.39, 0.29) is 12.3 Å². The van der Waals surface area contributed by atoms with Crippen molar-refractivity contribution in [3.8, 4) is 62.2 Å². The maximum atomic E-state index is 11.0. The minimum absolute atomic E-state index is 0.0189. The molecule has 0 aliphatic rings. The monoisotopic (exact) mass is 873 g/mol. The summed E-state index contributed by atoms with van der Waals surface area (Å²) in [6, 6.07) is 36.9. The molecule has 13 heteroatoms. The second-order valence-electron chi connectivity index (χ2n) is 16.0. The first-order chi connectivity index (χ1) is 29.9. The first-order valence-electron chi connectivity index (χ1n) is 21.6. The lowest BCUT2D eigenvalue weighted by atomic mass is 10.0. The second kappa shape index (κ2) is 22.8. The third kappa shape index (κ3) is 15.0. The highest BCUT2D eigenvalue weighted by atomic mass is 31.2. The number of unbranched alkanes of at least 4 members (excludes halogenated alkanes) is 10. The zero-order valence-corrected chi connectivity index (χ0v) is 37.0. The first kappa shape index (κ1) is 46.3. The average molecular weight is 874 g/mol. The molecule has 62 heavy (non-hydrogen) atoms. The number of benzene rings is 3. The van der Waals surface area contributed by atoms with E-state index < -0.39 is 15.2 Å². The van der Waals surface area contributed by atoms with E-state index in [0.717, 1.165) is 128 Å². The standard InChI is InChI=1S/C49H55N5O6P2/c50-38-39-13-15-46(16-14-39)49-51-47(44-21-17-40(18-22-44)42-25-31-53(32-26-42)29-9-5-1-3-7-11-35-61(55,56)57)37-48(52-49)45-23-19-41(20-24-45)43-27-33-54(34-28-43)30-10-6-2-4-8-12-36-62(58,59)60/h13-28,31-34,37H,1-12,29-30,35-36H2,(H2-2,55,56,57,58,59,60)/p+2. The molecule has 322 valence electrons. The Balaban J connectivity index is 1.08. The summed E-state index contributed by atoms with van der Waals surface area (Å²) in [7, 11) is -7.76. The van der Waals surface area contributed by atoms with Crippen LogP contribution in [0.3, 0.4) is 0 Å². The average Bonchev–Trinajstić information content (AvgIpc) is 3.28. The molecule has 6 rings (SSSR count). The van der Waals surface area contributed by atoms with Gasteiger partial charge in [0.2, 0.25) is 0 Å². The molecule has 0 aliphatic heterocycles. The fraction of sp³-hybridized carbons (Fsp3) is 0.327. The molecule has 11 nitrogen and oxygen atoms in total. The van der Waals surface area contributed by atoms with Crippen LogP contribution < -0.4 is 9.13 Å². The van der Waals surface area contributed by atoms with Crippen molar-refractivity contribution >= 4 is 15.2 Å². The highest BCUT2D eigenvalue weighted by Crippen LogP contribution is 2.36. The van der Waals surface area contributed by atoms with Crippen molar-refractivity contribution in [2.45, 2.75) is 90.1 Å². The Morgan fingerprint density at radius 1 is 0.435 bits per heavy atom. The summed E-state index contributed by atoms with van der Waals surface area (Å²) in [6.45, 7) is 1.85. The van der Waals surface area contributed by atoms with Crippen LogP contribution in [0.1, 0.15) is 82.6 Å². The Kier molecular flexibility index (Phi) is 17.0. The van der Waals surface area contributed by atoms with Gasteiger partial charge in [0.25, 0.3) is 0 Å². The van der Waals surface area contributed by atoms with Crippen molar-refractivity contribution in [1.82, 2.24) is 9.97 Å². The normalized spacial score (nSPS) is 11.7. The smallest absolute Gasteiger partial charge is 0.324 e. The molecule has 3 heterocycles. The Morgan fingerprint density at radius 2 is 0.758 bits per heavy atom. The lowest BCUT2D eigenvalue weighted by Crippen LogP contribution is -2.32. The number of aromatic nitrogens is 4. The van der Waals surface area contributed by atoms with E-state index in [1.807, 2.05) is 18.2 Å². The number of pyridine rings is 2. The van der Waals surface area contributed by atoms with Crippen molar-refractivity contribution in [1.29, 1.82) is 5.26 Å². The van der Waals surface area contributed by atoms with Crippen LogP contribution >= 0.6 is 15.2 Å². The molecule has 0 spiro atoms. The van der Waals surface area contributed by atoms with Crippen molar-refractivity contribution in [2.24, 2.45) is 0 Å². The van der Waals surface area contributed by atoms with Crippen molar-refractivity contribution < 1.29 is 37.8 Å². The van der Waals surface area contributed by atoms with Crippen LogP contribution in [-0.2, 0) is 22.2 Å². The van der Waals surface area contributed by atoms with Gasteiger partial charge in [-0.25, -0.2) is 19.1 Å². The van der Waals surface area contributed by atoms with Gasteiger partial charge in [-0.15, -0.1) is 0 Å². The molecule has 3 aromatic carbocycles. The van der Waals surface area contributed by atoms with Crippen molar-refractivity contribution in [3.05, 3.63) is 133 Å². The molecule has 0 atom stereocenters. The molecule has 0 radical (unpaired) electrons. The van der Waals surface area contributed by atoms with Gasteiger partial charge in [-0.1, -0.05) is 87.1 Å². The van der Waals surface area contributed by atoms with Gasteiger partial charge in [0.05, 0.1) is 23.0 Å². The van der Waals surface area contributed by atoms with Gasteiger partial charge in [-0.3, -0.25) is 9.13 Å². The predicted molar refractivity (Wildman–Crippen MR) is 244 cm³/mol. The fourth-order valence-electron chi connectivity index (χ4n) is 7.47. The Morgan fingerprint density at radius 3 is 1.13 bits per heavy atom. The summed E-state index contributed by atoms with van der Waals surface area (Å²) in [5.41, 5.74) is 9.37. The highest BCUT2D eigenvalue weighted by Gasteiger charge is 2.14. The van der Waals surface area contributed by atoms with Gasteiger partial charge >= 0.3 is 15.2 Å². The summed E-state index contributed by atoms with van der Waals surface area (Å²) >= 11 is 0. The molecule has 3 aromatic heterocycles. The molecule has 0 bridgehead atoms. The summed E-state index contributed by atoms with van der Waals surface area (Å²) in [5, 5.41) is 9.39. The largest absolute Gasteiger partial charge is 0.325 e. The van der Waals surface area contributed by atoms with Gasteiger partial charge in [0, 0.05) is 66.1 Å². The van der Waals surface area contributed by atoms with Gasteiger partial charge < -0.3 is 19.6 Å². The lowest BCUT2D eigenvalue weighted by Gasteiger charge is -2.11. The maximum absolute atomic E-state index is 11.0. The quantitative estimate of drug-likeness (QED) is 0.0278. The van der Waals surface area contributed by atoms with E-state index in [0.29, 0.717) is 24.2 Å². The van der Waals surface area contributed by atoms with Crippen LogP contribution in [0.5, 0.6) is 0 Å². The zero-order valence-electron chi connectivity index (χ0n) is 35.2. The van der Waals surface area contributed by atoms with Crippen LogP contribution in [0.2, 0.25) is 0 Å². The van der Waals surface area contributed by atoms with E-state index in [1.54, 1.807) is 12.1 Å². The summed E-state index contributed by atoms with van der Waals surface area (Å²) in [4.78, 5) is 46.0. The lowest BCUT2D eigenvalue weighted by molar-refractivity contribution is -0.697. The molecule has 0 aliphatic carbocycles. The predicted octanol–water partition coefficient (Wildman–Crippen LogP) is 10.3. The minimum atomic E-state index is -3.88. The number of hydrogen-bond acceptors (Lipinski definition) is 5. The molecule has 0 saturated heterocycles. The zero-order chi connectivity index (χ0) is 43.8. The van der Waals surface area contributed by atoms with Gasteiger partial charge in [-0.05, 0) is 78.3 Å². The van der Waals surface area contributed by atoms with Crippen LogP contribution in [0, 0.1) is 11.3 Å². The number of nitriles is 1. The molecule has 0 unspecified atom stereocenters. The van der Waals surface area contributed by atoms with E-state index in [2.05, 4.69) is 113 Å². The van der Waals surface area contributed by atoms with E-state index in [4.69, 9.17) is 29.5 Å². The SMILES string of the molecule is N#Cc1ccc(-c2nc(-c3ccc(-c4cc[n+](CCCCCCCCP(=O)(O)O)cc4)cc3)cc(-c3ccc(-c4cc[n+](CCCCCCCCP(=O)(O)O)cc4)cc3)n2)cc1. The van der Waals surface area contributed by atoms with E-state index in [9.17, 15) is 14.4 Å². The molecular formula is C49H57N5O6P2+2. The van der Waals surface area contributed by atoms with Crippen LogP contribution in [0.4, 0.5) is 0 Å². The topological polar surface area (TPSA) is 172 Å². The van der Waals surface area contributed by atoms with Gasteiger partial charge in [0.1, 0.15) is 13.1 Å². The summed E-state index contributed by atoms with van der Waals surface area (Å²) in [6.07, 6.45) is 19.7. The van der Waals surface area contributed by atoms with E-state index in [1.165, 1.54) is 0 Å². The fourth-order valence-corrected chi connectivity index (χ4v) is 8.74. The summed E-state index contributed by atoms with van der Waals surface area (Å²) in [5.74, 6) is 0.579. The Hall–Kier alpha value is -5.17. The van der Waals surface area contributed by atoms with E-state index >= 15 is 0 Å². The van der Waals surface area contributed by atoms with Crippen LogP contribution in [0.15, 0.2) is 128 Å². The van der Waals surface area contributed by atoms with Crippen LogP contribution in [-0.4, -0.2) is 41.9 Å². The number of hydrogen-bond donors (Lipinski definition) is 4. The first-order valence-corrected chi connectivity index (χ1v) is 25.2. The Bertz CT molecular complexity index is 2320. The highest BCUT2D eigenvalue weighted by molar-refractivity contribution is 7.52. The number of aryl methyl sites for hydroxylation is 2. The number of rotatable bonds is 23. The van der Waals surface area contributed by atoms with Crippen molar-refractivity contribution in [2.75, 3.05) is 12.3 Å². The molecule has 0 fully saturated rings. The molecule has 0 amide bonds. The maximum Gasteiger partial charge on any atom is 0.325 e. The molecular weight excluding hydrogens is 817 g/mol. The second-order valence-corrected chi connectivity index (χ2v) is 19.5. The Labute approximate surface area is 365 Å².